The van der Waals surface area contributed by atoms with Crippen molar-refractivity contribution in [1.29, 1.82) is 0 Å². The predicted octanol–water partition coefficient (Wildman–Crippen LogP) is 5.26. The number of hydrogen-bond donors (Lipinski definition) is 2. The Morgan fingerprint density at radius 2 is 1.77 bits per heavy atom. The number of carbonyl (C=O) groups excluding carboxylic acids is 2. The third kappa shape index (κ3) is 6.38. The molecule has 0 fully saturated rings. The predicted molar refractivity (Wildman–Crippen MR) is 116 cm³/mol. The highest BCUT2D eigenvalue weighted by Gasteiger charge is 2.11. The number of benzene rings is 2. The van der Waals surface area contributed by atoms with Gasteiger partial charge in [0.25, 0.3) is 5.91 Å². The lowest BCUT2D eigenvalue weighted by Crippen LogP contribution is -2.11. The van der Waals surface area contributed by atoms with Crippen LogP contribution in [-0.2, 0) is 4.79 Å². The Bertz CT molecular complexity index is 1080. The number of alkyl halides is 2. The Morgan fingerprint density at radius 3 is 2.45 bits per heavy atom. The van der Waals surface area contributed by atoms with Crippen molar-refractivity contribution in [2.24, 2.45) is 0 Å². The molecule has 2 amide bonds. The lowest BCUT2D eigenvalue weighted by atomic mass is 10.2. The summed E-state index contributed by atoms with van der Waals surface area (Å²) < 4.78 is 34.2. The van der Waals surface area contributed by atoms with Gasteiger partial charge in [0, 0.05) is 17.5 Å². The normalized spacial score (nSPS) is 10.8. The molecule has 0 aliphatic carbocycles. The Morgan fingerprint density at radius 1 is 1.00 bits per heavy atom. The second-order valence-corrected chi connectivity index (χ2v) is 7.07. The molecule has 0 bridgehead atoms. The number of anilines is 2. The van der Waals surface area contributed by atoms with E-state index in [4.69, 9.17) is 4.74 Å². The zero-order valence-electron chi connectivity index (χ0n) is 16.3. The van der Waals surface area contributed by atoms with Crippen LogP contribution < -0.4 is 20.1 Å². The summed E-state index contributed by atoms with van der Waals surface area (Å²) in [6.07, 6.45) is 2.80. The summed E-state index contributed by atoms with van der Waals surface area (Å²) in [5.74, 6) is -0.613. The average molecular weight is 444 g/mol. The van der Waals surface area contributed by atoms with Crippen molar-refractivity contribution in [2.45, 2.75) is 6.61 Å². The van der Waals surface area contributed by atoms with Crippen molar-refractivity contribution >= 4 is 40.6 Å². The zero-order chi connectivity index (χ0) is 22.2. The van der Waals surface area contributed by atoms with Gasteiger partial charge < -0.3 is 20.1 Å². The first-order valence-corrected chi connectivity index (χ1v) is 9.89. The van der Waals surface area contributed by atoms with Crippen molar-refractivity contribution in [3.05, 3.63) is 76.5 Å². The smallest absolute Gasteiger partial charge is 0.387 e. The van der Waals surface area contributed by atoms with Crippen molar-refractivity contribution in [2.75, 3.05) is 17.7 Å². The lowest BCUT2D eigenvalue weighted by Gasteiger charge is -2.10. The minimum absolute atomic E-state index is 0.0967. The number of rotatable bonds is 8. The molecular weight excluding hydrogens is 426 g/mol. The summed E-state index contributed by atoms with van der Waals surface area (Å²) in [7, 11) is 1.33. The van der Waals surface area contributed by atoms with E-state index in [-0.39, 0.29) is 17.4 Å². The van der Waals surface area contributed by atoms with Gasteiger partial charge in [-0.3, -0.25) is 9.59 Å². The molecular formula is C22H18F2N2O4S. The van der Waals surface area contributed by atoms with Crippen LogP contribution in [0.5, 0.6) is 11.5 Å². The van der Waals surface area contributed by atoms with Crippen LogP contribution in [0.3, 0.4) is 0 Å². The molecule has 160 valence electrons. The molecule has 1 aromatic heterocycles. The van der Waals surface area contributed by atoms with Gasteiger partial charge in [-0.1, -0.05) is 18.2 Å². The van der Waals surface area contributed by atoms with Crippen LogP contribution in [0.1, 0.15) is 15.2 Å². The third-order valence-corrected chi connectivity index (χ3v) is 4.83. The quantitative estimate of drug-likeness (QED) is 0.465. The zero-order valence-corrected chi connectivity index (χ0v) is 17.1. The molecule has 0 atom stereocenters. The summed E-state index contributed by atoms with van der Waals surface area (Å²) in [6.45, 7) is -2.97. The van der Waals surface area contributed by atoms with Gasteiger partial charge >= 0.3 is 6.61 Å². The van der Waals surface area contributed by atoms with Gasteiger partial charge in [0.1, 0.15) is 0 Å². The molecule has 2 aromatic carbocycles. The number of nitrogens with one attached hydrogen (secondary N) is 2. The Labute approximate surface area is 181 Å². The van der Waals surface area contributed by atoms with E-state index in [1.54, 1.807) is 36.4 Å². The average Bonchev–Trinajstić information content (AvgIpc) is 3.28. The largest absolute Gasteiger partial charge is 0.493 e. The van der Waals surface area contributed by atoms with E-state index in [0.717, 1.165) is 0 Å². The van der Waals surface area contributed by atoms with Gasteiger partial charge in [0.05, 0.1) is 12.0 Å². The van der Waals surface area contributed by atoms with E-state index in [9.17, 15) is 18.4 Å². The van der Waals surface area contributed by atoms with Gasteiger partial charge in [-0.2, -0.15) is 8.78 Å². The first kappa shape index (κ1) is 22.0. The first-order valence-electron chi connectivity index (χ1n) is 9.01. The van der Waals surface area contributed by atoms with Crippen molar-refractivity contribution in [3.63, 3.8) is 0 Å². The number of thiophene rings is 1. The SMILES string of the molecule is COc1cc(/C=C/C(=O)Nc2cccc(NC(=O)c3cccs3)c2)ccc1OC(F)F. The molecule has 0 saturated carbocycles. The molecule has 0 radical (unpaired) electrons. The topological polar surface area (TPSA) is 76.7 Å². The van der Waals surface area contributed by atoms with E-state index >= 15 is 0 Å². The highest BCUT2D eigenvalue weighted by atomic mass is 32.1. The maximum absolute atomic E-state index is 12.4. The molecule has 3 rings (SSSR count). The van der Waals surface area contributed by atoms with Gasteiger partial charge in [0.15, 0.2) is 11.5 Å². The fourth-order valence-corrected chi connectivity index (χ4v) is 3.23. The van der Waals surface area contributed by atoms with Crippen molar-refractivity contribution in [3.8, 4) is 11.5 Å². The summed E-state index contributed by atoms with van der Waals surface area (Å²) >= 11 is 1.33. The number of halogens is 2. The number of methoxy groups -OCH3 is 1. The molecule has 1 heterocycles. The van der Waals surface area contributed by atoms with Crippen LogP contribution >= 0.6 is 11.3 Å². The second-order valence-electron chi connectivity index (χ2n) is 6.12. The summed E-state index contributed by atoms with van der Waals surface area (Å²) in [5.41, 5.74) is 1.60. The molecule has 0 spiro atoms. The van der Waals surface area contributed by atoms with Crippen molar-refractivity contribution < 1.29 is 27.8 Å². The third-order valence-electron chi connectivity index (χ3n) is 3.96. The maximum Gasteiger partial charge on any atom is 0.387 e. The van der Waals surface area contributed by atoms with E-state index in [1.807, 2.05) is 5.38 Å². The molecule has 3 aromatic rings. The monoisotopic (exact) mass is 444 g/mol. The highest BCUT2D eigenvalue weighted by Crippen LogP contribution is 2.29. The summed E-state index contributed by atoms with van der Waals surface area (Å²) in [6, 6.07) is 14.6. The molecule has 2 N–H and O–H groups in total. The number of ether oxygens (including phenoxy) is 2. The highest BCUT2D eigenvalue weighted by molar-refractivity contribution is 7.12. The van der Waals surface area contributed by atoms with Crippen LogP contribution in [0.2, 0.25) is 0 Å². The molecule has 9 heteroatoms. The molecule has 31 heavy (non-hydrogen) atoms. The van der Waals surface area contributed by atoms with E-state index in [1.165, 1.54) is 48.8 Å². The van der Waals surface area contributed by atoms with E-state index in [0.29, 0.717) is 21.8 Å². The van der Waals surface area contributed by atoms with E-state index < -0.39 is 12.5 Å². The Balaban J connectivity index is 1.63. The maximum atomic E-state index is 12.4. The fraction of sp³-hybridized carbons (Fsp3) is 0.0909. The van der Waals surface area contributed by atoms with Gasteiger partial charge in [-0.05, 0) is 53.4 Å². The van der Waals surface area contributed by atoms with Crippen LogP contribution in [0.4, 0.5) is 20.2 Å². The second kappa shape index (κ2) is 10.4. The Kier molecular flexibility index (Phi) is 7.34. The lowest BCUT2D eigenvalue weighted by molar-refractivity contribution is -0.111. The van der Waals surface area contributed by atoms with Crippen LogP contribution in [0.25, 0.3) is 6.08 Å². The Hall–Kier alpha value is -3.72. The first-order chi connectivity index (χ1) is 14.9. The standard InChI is InChI=1S/C22H18F2N2O4S/c1-29-18-12-14(7-9-17(18)30-22(23)24)8-10-20(27)25-15-4-2-5-16(13-15)26-21(28)19-6-3-11-31-19/h2-13,22H,1H3,(H,25,27)(H,26,28)/b10-8+. The summed E-state index contributed by atoms with van der Waals surface area (Å²) in [5, 5.41) is 7.28. The van der Waals surface area contributed by atoms with Crippen LogP contribution in [-0.4, -0.2) is 25.5 Å². The minimum Gasteiger partial charge on any atom is -0.493 e. The molecule has 0 saturated heterocycles. The number of amides is 2. The molecule has 6 nitrogen and oxygen atoms in total. The number of carbonyl (C=O) groups is 2. The molecule has 0 unspecified atom stereocenters. The van der Waals surface area contributed by atoms with Crippen LogP contribution in [0, 0.1) is 0 Å². The fourth-order valence-electron chi connectivity index (χ4n) is 2.61. The number of hydrogen-bond acceptors (Lipinski definition) is 5. The van der Waals surface area contributed by atoms with Gasteiger partial charge in [0.2, 0.25) is 5.91 Å². The minimum atomic E-state index is -2.97. The molecule has 0 aliphatic rings. The summed E-state index contributed by atoms with van der Waals surface area (Å²) in [4.78, 5) is 25.0. The van der Waals surface area contributed by atoms with E-state index in [2.05, 4.69) is 15.4 Å². The van der Waals surface area contributed by atoms with Gasteiger partial charge in [-0.25, -0.2) is 0 Å². The van der Waals surface area contributed by atoms with Crippen molar-refractivity contribution in [1.82, 2.24) is 0 Å². The van der Waals surface area contributed by atoms with Crippen LogP contribution in [0.15, 0.2) is 66.1 Å². The molecule has 0 aliphatic heterocycles. The van der Waals surface area contributed by atoms with Gasteiger partial charge in [-0.15, -0.1) is 11.3 Å².